The molecule has 0 bridgehead atoms. The Labute approximate surface area is 107 Å². The van der Waals surface area contributed by atoms with Crippen LogP contribution in [0.1, 0.15) is 18.4 Å². The van der Waals surface area contributed by atoms with Gasteiger partial charge in [0, 0.05) is 18.0 Å². The zero-order chi connectivity index (χ0) is 12.7. The van der Waals surface area contributed by atoms with Crippen LogP contribution in [-0.4, -0.2) is 36.1 Å². The number of aliphatic carboxylic acids is 1. The number of benzene rings is 1. The van der Waals surface area contributed by atoms with Gasteiger partial charge >= 0.3 is 5.97 Å². The SMILES string of the molecule is CN(CCCC(=O)O)CCc1ccc(Cl)cc1. The van der Waals surface area contributed by atoms with E-state index < -0.39 is 5.97 Å². The number of hydrogen-bond donors (Lipinski definition) is 1. The number of carboxylic acid groups (broad SMARTS) is 1. The summed E-state index contributed by atoms with van der Waals surface area (Å²) in [6.45, 7) is 1.75. The summed E-state index contributed by atoms with van der Waals surface area (Å²) in [5.74, 6) is -0.726. The number of rotatable bonds is 7. The van der Waals surface area contributed by atoms with Gasteiger partial charge in [-0.25, -0.2) is 0 Å². The first kappa shape index (κ1) is 14.0. The van der Waals surface area contributed by atoms with Gasteiger partial charge in [-0.2, -0.15) is 0 Å². The summed E-state index contributed by atoms with van der Waals surface area (Å²) in [4.78, 5) is 12.5. The predicted octanol–water partition coefficient (Wildman–Crippen LogP) is 2.68. The third-order valence-electron chi connectivity index (χ3n) is 2.63. The maximum Gasteiger partial charge on any atom is 0.303 e. The lowest BCUT2D eigenvalue weighted by atomic mass is 10.1. The van der Waals surface area contributed by atoms with Crippen molar-refractivity contribution in [3.8, 4) is 0 Å². The average molecular weight is 256 g/mol. The molecule has 0 heterocycles. The number of halogens is 1. The second-order valence-electron chi connectivity index (χ2n) is 4.18. The van der Waals surface area contributed by atoms with Crippen molar-refractivity contribution < 1.29 is 9.90 Å². The smallest absolute Gasteiger partial charge is 0.303 e. The van der Waals surface area contributed by atoms with Crippen molar-refractivity contribution in [2.24, 2.45) is 0 Å². The lowest BCUT2D eigenvalue weighted by Gasteiger charge is -2.15. The van der Waals surface area contributed by atoms with Gasteiger partial charge in [-0.1, -0.05) is 23.7 Å². The van der Waals surface area contributed by atoms with Crippen molar-refractivity contribution in [2.45, 2.75) is 19.3 Å². The molecule has 0 aliphatic heterocycles. The van der Waals surface area contributed by atoms with Crippen molar-refractivity contribution >= 4 is 17.6 Å². The molecule has 0 saturated carbocycles. The van der Waals surface area contributed by atoms with Crippen LogP contribution in [0.2, 0.25) is 5.02 Å². The molecule has 0 unspecified atom stereocenters. The molecule has 0 saturated heterocycles. The Hall–Kier alpha value is -1.06. The van der Waals surface area contributed by atoms with Crippen LogP contribution >= 0.6 is 11.6 Å². The molecule has 0 aliphatic carbocycles. The number of carbonyl (C=O) groups is 1. The highest BCUT2D eigenvalue weighted by Crippen LogP contribution is 2.10. The molecule has 4 heteroatoms. The van der Waals surface area contributed by atoms with Crippen molar-refractivity contribution in [3.63, 3.8) is 0 Å². The van der Waals surface area contributed by atoms with Crippen LogP contribution in [0.4, 0.5) is 0 Å². The van der Waals surface area contributed by atoms with Gasteiger partial charge in [-0.15, -0.1) is 0 Å². The van der Waals surface area contributed by atoms with Crippen molar-refractivity contribution in [3.05, 3.63) is 34.9 Å². The summed E-state index contributed by atoms with van der Waals surface area (Å²) < 4.78 is 0. The third-order valence-corrected chi connectivity index (χ3v) is 2.88. The van der Waals surface area contributed by atoms with Crippen LogP contribution in [0.15, 0.2) is 24.3 Å². The third kappa shape index (κ3) is 6.29. The molecular formula is C13H18ClNO2. The van der Waals surface area contributed by atoms with E-state index in [9.17, 15) is 4.79 Å². The minimum atomic E-state index is -0.726. The second kappa shape index (κ2) is 7.30. The van der Waals surface area contributed by atoms with E-state index in [0.717, 1.165) is 24.5 Å². The van der Waals surface area contributed by atoms with Gasteiger partial charge in [0.2, 0.25) is 0 Å². The predicted molar refractivity (Wildman–Crippen MR) is 69.5 cm³/mol. The Morgan fingerprint density at radius 2 is 1.94 bits per heavy atom. The summed E-state index contributed by atoms with van der Waals surface area (Å²) >= 11 is 5.81. The van der Waals surface area contributed by atoms with Crippen molar-refractivity contribution in [2.75, 3.05) is 20.1 Å². The van der Waals surface area contributed by atoms with E-state index in [1.54, 1.807) is 0 Å². The fourth-order valence-corrected chi connectivity index (χ4v) is 1.71. The Morgan fingerprint density at radius 1 is 1.29 bits per heavy atom. The fraction of sp³-hybridized carbons (Fsp3) is 0.462. The lowest BCUT2D eigenvalue weighted by Crippen LogP contribution is -2.22. The van der Waals surface area contributed by atoms with Gasteiger partial charge in [0.25, 0.3) is 0 Å². The molecule has 0 radical (unpaired) electrons. The van der Waals surface area contributed by atoms with Crippen LogP contribution in [0.5, 0.6) is 0 Å². The number of nitrogens with zero attached hydrogens (tertiary/aromatic N) is 1. The summed E-state index contributed by atoms with van der Waals surface area (Å²) in [5.41, 5.74) is 1.25. The normalized spacial score (nSPS) is 10.8. The highest BCUT2D eigenvalue weighted by atomic mass is 35.5. The molecule has 94 valence electrons. The zero-order valence-corrected chi connectivity index (χ0v) is 10.8. The summed E-state index contributed by atoms with van der Waals surface area (Å²) in [6, 6.07) is 7.82. The van der Waals surface area contributed by atoms with Crippen LogP contribution in [-0.2, 0) is 11.2 Å². The first-order chi connectivity index (χ1) is 8.08. The molecule has 3 nitrogen and oxygen atoms in total. The molecule has 0 atom stereocenters. The average Bonchev–Trinajstić information content (AvgIpc) is 2.28. The Morgan fingerprint density at radius 3 is 2.53 bits per heavy atom. The first-order valence-electron chi connectivity index (χ1n) is 5.72. The molecule has 1 aromatic rings. The van der Waals surface area contributed by atoms with Gasteiger partial charge in [0.15, 0.2) is 0 Å². The van der Waals surface area contributed by atoms with E-state index in [1.165, 1.54) is 5.56 Å². The van der Waals surface area contributed by atoms with Crippen molar-refractivity contribution in [1.29, 1.82) is 0 Å². The Kier molecular flexibility index (Phi) is 6.01. The quantitative estimate of drug-likeness (QED) is 0.814. The van der Waals surface area contributed by atoms with E-state index in [2.05, 4.69) is 4.90 Å². The van der Waals surface area contributed by atoms with E-state index >= 15 is 0 Å². The molecule has 1 rings (SSSR count). The maximum atomic E-state index is 10.4. The number of carboxylic acids is 1. The van der Waals surface area contributed by atoms with Crippen LogP contribution in [0.25, 0.3) is 0 Å². The van der Waals surface area contributed by atoms with E-state index in [1.807, 2.05) is 31.3 Å². The number of hydrogen-bond acceptors (Lipinski definition) is 2. The maximum absolute atomic E-state index is 10.4. The van der Waals surface area contributed by atoms with Gasteiger partial charge in [0.05, 0.1) is 0 Å². The molecule has 1 N–H and O–H groups in total. The van der Waals surface area contributed by atoms with E-state index in [4.69, 9.17) is 16.7 Å². The minimum absolute atomic E-state index is 0.241. The number of likely N-dealkylation sites (N-methyl/N-ethyl adjacent to an activating group) is 1. The zero-order valence-electron chi connectivity index (χ0n) is 10.0. The minimum Gasteiger partial charge on any atom is -0.481 e. The summed E-state index contributed by atoms with van der Waals surface area (Å²) in [5, 5.41) is 9.28. The molecule has 0 spiro atoms. The van der Waals surface area contributed by atoms with Crippen LogP contribution in [0, 0.1) is 0 Å². The molecule has 0 aromatic heterocycles. The van der Waals surface area contributed by atoms with Crippen LogP contribution < -0.4 is 0 Å². The van der Waals surface area contributed by atoms with Gasteiger partial charge in [-0.3, -0.25) is 4.79 Å². The summed E-state index contributed by atoms with van der Waals surface area (Å²) in [6.07, 6.45) is 1.90. The molecule has 17 heavy (non-hydrogen) atoms. The van der Waals surface area contributed by atoms with Gasteiger partial charge < -0.3 is 10.0 Å². The monoisotopic (exact) mass is 255 g/mol. The van der Waals surface area contributed by atoms with Gasteiger partial charge in [-0.05, 0) is 44.1 Å². The summed E-state index contributed by atoms with van der Waals surface area (Å²) in [7, 11) is 2.01. The Balaban J connectivity index is 2.21. The van der Waals surface area contributed by atoms with Crippen molar-refractivity contribution in [1.82, 2.24) is 4.90 Å². The molecule has 0 aliphatic rings. The van der Waals surface area contributed by atoms with E-state index in [0.29, 0.717) is 6.42 Å². The highest BCUT2D eigenvalue weighted by Gasteiger charge is 2.02. The highest BCUT2D eigenvalue weighted by molar-refractivity contribution is 6.30. The topological polar surface area (TPSA) is 40.5 Å². The fourth-order valence-electron chi connectivity index (χ4n) is 1.58. The molecular weight excluding hydrogens is 238 g/mol. The Bertz CT molecular complexity index is 351. The van der Waals surface area contributed by atoms with Crippen LogP contribution in [0.3, 0.4) is 0 Å². The standard InChI is InChI=1S/C13H18ClNO2/c1-15(9-2-3-13(16)17)10-8-11-4-6-12(14)7-5-11/h4-7H,2-3,8-10H2,1H3,(H,16,17). The largest absolute Gasteiger partial charge is 0.481 e. The molecule has 1 aromatic carbocycles. The van der Waals surface area contributed by atoms with Gasteiger partial charge in [0.1, 0.15) is 0 Å². The molecule has 0 amide bonds. The second-order valence-corrected chi connectivity index (χ2v) is 4.61. The first-order valence-corrected chi connectivity index (χ1v) is 6.10. The molecule has 0 fully saturated rings. The lowest BCUT2D eigenvalue weighted by molar-refractivity contribution is -0.137. The van der Waals surface area contributed by atoms with E-state index in [-0.39, 0.29) is 6.42 Å².